The normalized spacial score (nSPS) is 13.3. The molecule has 1 saturated heterocycles. The number of alkyl halides is 3. The quantitative estimate of drug-likeness (QED) is 0.0994. The van der Waals surface area contributed by atoms with Crippen molar-refractivity contribution in [2.75, 3.05) is 62.9 Å². The Bertz CT molecular complexity index is 1830. The van der Waals surface area contributed by atoms with Crippen molar-refractivity contribution in [1.82, 2.24) is 9.80 Å². The van der Waals surface area contributed by atoms with Gasteiger partial charge in [0.05, 0.1) is 29.4 Å². The largest absolute Gasteiger partial charge is 0.491 e. The number of rotatable bonds is 15. The Labute approximate surface area is 303 Å². The Morgan fingerprint density at radius 2 is 1.58 bits per heavy atom. The summed E-state index contributed by atoms with van der Waals surface area (Å²) >= 11 is 0. The number of hydrogen-bond donors (Lipinski definition) is 3. The van der Waals surface area contributed by atoms with Crippen LogP contribution in [0.2, 0.25) is 0 Å². The standard InChI is InChI=1S/C36H41F3N6O8/c1-23-11-13-28(30(20-23)53-19-6-4-5-10-31(46)44-17-15-43(2)16-18-44)41-33(47)24-12-14-27(25(21-24)22-52-3)40-34(48)26-8-7-9-29(45(50)51)32(26)42-35(49)36(37,38)39/h7-9,11-14,20-21H,4-6,10,15-19,22H2,1-3H3,(H,40,48)(H,41,47)(H,42,49). The van der Waals surface area contributed by atoms with Crippen LogP contribution in [0.3, 0.4) is 0 Å². The van der Waals surface area contributed by atoms with Crippen molar-refractivity contribution in [3.05, 3.63) is 87.0 Å². The zero-order chi connectivity index (χ0) is 38.7. The van der Waals surface area contributed by atoms with Gasteiger partial charge in [0.2, 0.25) is 5.91 Å². The van der Waals surface area contributed by atoms with E-state index in [2.05, 4.69) is 15.5 Å². The fraction of sp³-hybridized carbons (Fsp3) is 0.389. The maximum atomic E-state index is 13.4. The van der Waals surface area contributed by atoms with Crippen LogP contribution in [-0.4, -0.2) is 91.5 Å². The number of unbranched alkanes of at least 4 members (excludes halogenated alkanes) is 2. The molecule has 53 heavy (non-hydrogen) atoms. The summed E-state index contributed by atoms with van der Waals surface area (Å²) in [6.07, 6.45) is -2.65. The number of nitro groups is 1. The molecule has 0 spiro atoms. The molecule has 0 atom stereocenters. The van der Waals surface area contributed by atoms with Crippen LogP contribution in [0.25, 0.3) is 0 Å². The molecular formula is C36H41F3N6O8. The lowest BCUT2D eigenvalue weighted by Crippen LogP contribution is -2.47. The first-order chi connectivity index (χ1) is 25.2. The average molecular weight is 743 g/mol. The van der Waals surface area contributed by atoms with Crippen molar-refractivity contribution in [1.29, 1.82) is 0 Å². The van der Waals surface area contributed by atoms with E-state index in [1.54, 1.807) is 18.2 Å². The number of carbonyl (C=O) groups excluding carboxylic acids is 4. The van der Waals surface area contributed by atoms with E-state index in [4.69, 9.17) is 9.47 Å². The number of carbonyl (C=O) groups is 4. The number of likely N-dealkylation sites (N-methyl/N-ethyl adjacent to an activating group) is 1. The van der Waals surface area contributed by atoms with Crippen LogP contribution < -0.4 is 20.7 Å². The summed E-state index contributed by atoms with van der Waals surface area (Å²) in [6, 6.07) is 12.4. The highest BCUT2D eigenvalue weighted by Gasteiger charge is 2.40. The Morgan fingerprint density at radius 1 is 0.887 bits per heavy atom. The van der Waals surface area contributed by atoms with Crippen LogP contribution in [0.4, 0.5) is 35.9 Å². The number of anilines is 3. The number of ether oxygens (including phenoxy) is 2. The molecule has 14 nitrogen and oxygen atoms in total. The summed E-state index contributed by atoms with van der Waals surface area (Å²) in [5.74, 6) is -3.46. The molecule has 4 amide bonds. The van der Waals surface area contributed by atoms with E-state index in [1.165, 1.54) is 30.6 Å². The molecule has 3 aromatic carbocycles. The molecule has 3 N–H and O–H groups in total. The van der Waals surface area contributed by atoms with Gasteiger partial charge in [-0.2, -0.15) is 13.2 Å². The lowest BCUT2D eigenvalue weighted by Gasteiger charge is -2.32. The maximum absolute atomic E-state index is 13.4. The van der Waals surface area contributed by atoms with Crippen molar-refractivity contribution in [3.8, 4) is 5.75 Å². The van der Waals surface area contributed by atoms with Gasteiger partial charge < -0.3 is 35.2 Å². The van der Waals surface area contributed by atoms with Gasteiger partial charge in [-0.15, -0.1) is 0 Å². The monoisotopic (exact) mass is 742 g/mol. The van der Waals surface area contributed by atoms with Gasteiger partial charge in [0.15, 0.2) is 0 Å². The fourth-order valence-electron chi connectivity index (χ4n) is 5.52. The summed E-state index contributed by atoms with van der Waals surface area (Å²) in [7, 11) is 3.41. The number of piperazine rings is 1. The second-order valence-electron chi connectivity index (χ2n) is 12.5. The molecule has 284 valence electrons. The number of halogens is 3. The zero-order valence-corrected chi connectivity index (χ0v) is 29.5. The van der Waals surface area contributed by atoms with Crippen molar-refractivity contribution >= 4 is 46.4 Å². The summed E-state index contributed by atoms with van der Waals surface area (Å²) < 4.78 is 50.2. The van der Waals surface area contributed by atoms with Crippen molar-refractivity contribution < 1.29 is 46.7 Å². The number of aryl methyl sites for hydroxylation is 1. The van der Waals surface area contributed by atoms with Gasteiger partial charge in [0.25, 0.3) is 17.5 Å². The predicted molar refractivity (Wildman–Crippen MR) is 190 cm³/mol. The van der Waals surface area contributed by atoms with Gasteiger partial charge in [0, 0.05) is 62.6 Å². The SMILES string of the molecule is COCc1cc(C(=O)Nc2ccc(C)cc2OCCCCCC(=O)N2CCN(C)CC2)ccc1NC(=O)c1cccc([N+](=O)[O-])c1NC(=O)C(F)(F)F. The van der Waals surface area contributed by atoms with Gasteiger partial charge >= 0.3 is 12.1 Å². The Hall–Kier alpha value is -5.55. The lowest BCUT2D eigenvalue weighted by atomic mass is 10.1. The molecule has 17 heteroatoms. The number of para-hydroxylation sites is 1. The molecular weight excluding hydrogens is 701 g/mol. The topological polar surface area (TPSA) is 172 Å². The van der Waals surface area contributed by atoms with Crippen LogP contribution in [-0.2, 0) is 20.9 Å². The molecule has 4 rings (SSSR count). The van der Waals surface area contributed by atoms with Gasteiger partial charge in [0.1, 0.15) is 11.4 Å². The third kappa shape index (κ3) is 11.2. The molecule has 0 radical (unpaired) electrons. The molecule has 0 saturated carbocycles. The number of nitrogens with zero attached hydrogens (tertiary/aromatic N) is 3. The molecule has 3 aromatic rings. The average Bonchev–Trinajstić information content (AvgIpc) is 3.11. The van der Waals surface area contributed by atoms with E-state index < -0.39 is 45.8 Å². The molecule has 1 aliphatic rings. The van der Waals surface area contributed by atoms with E-state index >= 15 is 0 Å². The first-order valence-electron chi connectivity index (χ1n) is 16.8. The van der Waals surface area contributed by atoms with Crippen molar-refractivity contribution in [2.24, 2.45) is 0 Å². The van der Waals surface area contributed by atoms with Gasteiger partial charge in [-0.3, -0.25) is 29.3 Å². The number of amides is 4. The van der Waals surface area contributed by atoms with Gasteiger partial charge in [-0.25, -0.2) is 0 Å². The Morgan fingerprint density at radius 3 is 2.26 bits per heavy atom. The third-order valence-corrected chi connectivity index (χ3v) is 8.43. The minimum Gasteiger partial charge on any atom is -0.491 e. The van der Waals surface area contributed by atoms with Gasteiger partial charge in [-0.1, -0.05) is 12.1 Å². The third-order valence-electron chi connectivity index (χ3n) is 8.43. The summed E-state index contributed by atoms with van der Waals surface area (Å²) in [5.41, 5.74) is -0.586. The van der Waals surface area contributed by atoms with E-state index in [1.807, 2.05) is 18.9 Å². The lowest BCUT2D eigenvalue weighted by molar-refractivity contribution is -0.384. The molecule has 0 unspecified atom stereocenters. The van der Waals surface area contributed by atoms with Crippen LogP contribution in [0, 0.1) is 17.0 Å². The minimum absolute atomic E-state index is 0.0950. The molecule has 0 bridgehead atoms. The highest BCUT2D eigenvalue weighted by atomic mass is 19.4. The minimum atomic E-state index is -5.38. The van der Waals surface area contributed by atoms with E-state index in [-0.39, 0.29) is 23.8 Å². The second-order valence-corrected chi connectivity index (χ2v) is 12.5. The molecule has 1 fully saturated rings. The number of hydrogen-bond acceptors (Lipinski definition) is 9. The first-order valence-corrected chi connectivity index (χ1v) is 16.8. The Kier molecular flexibility index (Phi) is 13.9. The number of nitro benzene ring substituents is 1. The summed E-state index contributed by atoms with van der Waals surface area (Å²) in [5, 5.41) is 18.3. The molecule has 0 aromatic heterocycles. The smallest absolute Gasteiger partial charge is 0.471 e. The van der Waals surface area contributed by atoms with E-state index in [0.717, 1.165) is 62.8 Å². The van der Waals surface area contributed by atoms with Crippen LogP contribution in [0.15, 0.2) is 54.6 Å². The number of nitrogens with one attached hydrogen (secondary N) is 3. The van der Waals surface area contributed by atoms with Crippen molar-refractivity contribution in [3.63, 3.8) is 0 Å². The predicted octanol–water partition coefficient (Wildman–Crippen LogP) is 5.77. The van der Waals surface area contributed by atoms with Crippen LogP contribution in [0.1, 0.15) is 57.5 Å². The maximum Gasteiger partial charge on any atom is 0.471 e. The Balaban J connectivity index is 1.41. The van der Waals surface area contributed by atoms with Crippen LogP contribution >= 0.6 is 0 Å². The van der Waals surface area contributed by atoms with Crippen molar-refractivity contribution in [2.45, 2.75) is 45.4 Å². The fourth-order valence-corrected chi connectivity index (χ4v) is 5.52. The first kappa shape index (κ1) is 40.2. The van der Waals surface area contributed by atoms with E-state index in [9.17, 15) is 42.5 Å². The van der Waals surface area contributed by atoms with Crippen LogP contribution in [0.5, 0.6) is 5.75 Å². The number of methoxy groups -OCH3 is 1. The summed E-state index contributed by atoms with van der Waals surface area (Å²) in [6.45, 7) is 5.39. The summed E-state index contributed by atoms with van der Waals surface area (Å²) in [4.78, 5) is 65.4. The number of benzene rings is 3. The molecule has 1 heterocycles. The molecule has 0 aliphatic carbocycles. The highest BCUT2D eigenvalue weighted by molar-refractivity contribution is 6.13. The highest BCUT2D eigenvalue weighted by Crippen LogP contribution is 2.32. The van der Waals surface area contributed by atoms with E-state index in [0.29, 0.717) is 36.4 Å². The molecule has 1 aliphatic heterocycles. The zero-order valence-electron chi connectivity index (χ0n) is 29.5. The second kappa shape index (κ2) is 18.3. The van der Waals surface area contributed by atoms with Gasteiger partial charge in [-0.05, 0) is 75.2 Å².